The van der Waals surface area contributed by atoms with E-state index in [1.807, 2.05) is 13.8 Å². The molecule has 0 unspecified atom stereocenters. The lowest BCUT2D eigenvalue weighted by molar-refractivity contribution is -0.334. The van der Waals surface area contributed by atoms with Crippen LogP contribution in [0, 0.1) is 5.92 Å². The van der Waals surface area contributed by atoms with Gasteiger partial charge in [0.15, 0.2) is 29.9 Å². The number of phenols is 3. The van der Waals surface area contributed by atoms with Gasteiger partial charge in [-0.25, -0.2) is 4.79 Å². The lowest BCUT2D eigenvalue weighted by Crippen LogP contribution is -2.65. The van der Waals surface area contributed by atoms with E-state index >= 15 is 24.0 Å². The number of carboxylic acid groups (broad SMARTS) is 1. The predicted octanol–water partition coefficient (Wildman–Crippen LogP) is 2.69. The van der Waals surface area contributed by atoms with Crippen molar-refractivity contribution in [1.82, 2.24) is 53.2 Å². The summed E-state index contributed by atoms with van der Waals surface area (Å²) in [6.07, 6.45) is -10.6. The van der Waals surface area contributed by atoms with E-state index in [9.17, 15) is 79.8 Å². The smallest absolute Gasteiger partial charge is 0.339 e. The Labute approximate surface area is 705 Å². The van der Waals surface area contributed by atoms with E-state index in [1.54, 1.807) is 13.8 Å². The van der Waals surface area contributed by atoms with Gasteiger partial charge in [-0.05, 0) is 123 Å². The molecule has 0 spiro atoms. The monoisotopic (exact) mass is 1750 g/mol. The molecular weight excluding hydrogens is 1650 g/mol. The first-order valence-electron chi connectivity index (χ1n) is 39.7. The maximum Gasteiger partial charge on any atom is 0.339 e. The van der Waals surface area contributed by atoms with Gasteiger partial charge in [0.1, 0.15) is 89.5 Å². The Balaban J connectivity index is 1.17. The number of carbonyl (C=O) groups is 8. The molecule has 38 nitrogen and oxygen atoms in total. The van der Waals surface area contributed by atoms with Crippen LogP contribution in [-0.2, 0) is 63.7 Å². The first-order chi connectivity index (χ1) is 57.3. The molecule has 0 aromatic heterocycles. The van der Waals surface area contributed by atoms with Crippen LogP contribution in [0.25, 0.3) is 11.1 Å². The highest BCUT2D eigenvalue weighted by Crippen LogP contribution is 2.51. The number of aliphatic carboxylic acids is 1. The van der Waals surface area contributed by atoms with Gasteiger partial charge in [-0.2, -0.15) is 0 Å². The summed E-state index contributed by atoms with van der Waals surface area (Å²) in [5.41, 5.74) is 0.545. The van der Waals surface area contributed by atoms with Crippen molar-refractivity contribution >= 4 is 78.1 Å². The molecule has 41 heteroatoms. The van der Waals surface area contributed by atoms with E-state index in [0.717, 1.165) is 86.5 Å². The van der Waals surface area contributed by atoms with Gasteiger partial charge in [-0.1, -0.05) is 107 Å². The minimum absolute atomic E-state index is 0.123. The van der Waals surface area contributed by atoms with Crippen molar-refractivity contribution in [1.29, 1.82) is 0 Å². The number of halogens is 2. The summed E-state index contributed by atoms with van der Waals surface area (Å²) in [4.78, 5) is 138. The predicted molar refractivity (Wildman–Crippen MR) is 432 cm³/mol. The Hall–Kier alpha value is -9.13. The molecule has 7 amide bonds. The van der Waals surface area contributed by atoms with Crippen LogP contribution in [0.2, 0.25) is 10.0 Å². The van der Waals surface area contributed by atoms with Gasteiger partial charge in [0.25, 0.3) is 0 Å². The number of benzene rings is 5. The number of ether oxygens (including phenoxy) is 6. The first kappa shape index (κ1) is 94.1. The lowest BCUT2D eigenvalue weighted by Gasteiger charge is -2.48. The van der Waals surface area contributed by atoms with Crippen LogP contribution >= 0.6 is 30.8 Å². The number of hydrogen-bond donors (Lipinski definition) is 23. The van der Waals surface area contributed by atoms with Crippen LogP contribution in [0.15, 0.2) is 72.8 Å². The van der Waals surface area contributed by atoms with E-state index in [0.29, 0.717) is 13.1 Å². The minimum Gasteiger partial charge on any atom is -0.507 e. The third kappa shape index (κ3) is 23.0. The topological polar surface area (TPSA) is 598 Å². The number of aliphatic hydroxyl groups is 6. The number of hydrogen-bond acceptors (Lipinski definition) is 28. The highest BCUT2D eigenvalue weighted by Gasteiger charge is 2.52. The number of nitrogens with two attached hydrogens (primary N) is 1. The fraction of sp³-hybridized carbons (Fsp3) is 0.525. The molecule has 7 aliphatic rings. The third-order valence-electron chi connectivity index (χ3n) is 21.7. The summed E-state index contributed by atoms with van der Waals surface area (Å²) in [6, 6.07) is -2.39. The average Bonchev–Trinajstić information content (AvgIpc) is 1.36. The number of primary amides is 1. The van der Waals surface area contributed by atoms with Crippen LogP contribution in [0.5, 0.6) is 46.0 Å². The number of aliphatic hydroxyl groups excluding tert-OH is 6. The number of unbranched alkanes of at least 4 members (excludes halogenated alkanes) is 7. The molecule has 18 atom stereocenters. The Bertz CT molecular complexity index is 4650. The second-order valence-electron chi connectivity index (χ2n) is 31.3. The molecule has 662 valence electrons. The number of amides is 7. The zero-order valence-electron chi connectivity index (χ0n) is 67.1. The Morgan fingerprint density at radius 1 is 0.694 bits per heavy atom. The van der Waals surface area contributed by atoms with Crippen LogP contribution < -0.4 is 73.1 Å². The van der Waals surface area contributed by atoms with Gasteiger partial charge >= 0.3 is 13.6 Å². The standard InChI is InChI=1S/C80H106Cl2N11O27P/c1-7-8-9-10-11-12-13-14-21-85-22-23-87-80(5)32-57(115-37(4)71(80)103)119-70-68(102)67(101)55(34-94)118-79(70)120-69-53-28-41-29-54(69)117-52-20-17-40(27-46(52)82)65(99)63-77(109)91-61(78(110)111)43-30-50(96)44(33-86-35-121(112,113)114)66(100)58(43)42-25-38(15-18-49(42)95)59(74(106)93-63)90-75(107)60(41)89-73(105)48(31-56(83)97)88-76(108)62(92-72(104)47(84-6)24-36(2)3)64(98)39-16-19-51(116-53)45(81)26-39/h15-20,25-30,36-37,47-48,55,57,59-65,67-68,70-71,79,84-87,94-96,98-103H,7-14,21-24,31-35H2,1-6H3,(H2,83,97)(H,88,108)(H,89,105)(H,90,107)(H,91,109)(H,92,104)(H,93,106)(H,110,111)(H2,112,113,114)/t37-,47+,48-,55+,57-,59-,60+,61+,62+,63-,64+,65+,67+,68-,70+,71+,79-,80-/m0/s1. The Morgan fingerprint density at radius 2 is 1.31 bits per heavy atom. The van der Waals surface area contributed by atoms with Crippen molar-refractivity contribution in [3.63, 3.8) is 0 Å². The first-order valence-corrected chi connectivity index (χ1v) is 42.3. The number of carboxylic acids is 1. The fourth-order valence-corrected chi connectivity index (χ4v) is 16.0. The van der Waals surface area contributed by atoms with Crippen LogP contribution in [0.3, 0.4) is 0 Å². The highest BCUT2D eigenvalue weighted by atomic mass is 35.5. The second kappa shape index (κ2) is 41.4. The summed E-state index contributed by atoms with van der Waals surface area (Å²) in [6.45, 7) is 8.98. The molecule has 24 N–H and O–H groups in total. The molecule has 7 aliphatic heterocycles. The molecule has 0 radical (unpaired) electrons. The SMILES string of the molecule is CCCCCCCCCCNCCN[C@@]1(C)C[C@H](O[C@H]2[C@H](Oc3c4cc5cc3Oc3ccc(cc3Cl)[C@@H](O)[C@@H](NC(=O)[C@@H](CC(C)C)NC)C(=O)N[C@@H](CC(N)=O)C(=O)N[C@H]5C(=O)N[C@@H]3C(=O)N[C@H](C(=O)N[C@@H](C(=O)O)c5cc(O)c(CNCP(=O)(O)O)c(O)c5-c5cc3ccc5O)[C@H](O)c3ccc(c(Cl)c3)O4)O[C@H](CO)[C@@H](O)[C@@H]2O)O[C@@H](C)[C@H]1O. The van der Waals surface area contributed by atoms with E-state index in [2.05, 4.69) is 60.1 Å². The van der Waals surface area contributed by atoms with Crippen molar-refractivity contribution in [2.75, 3.05) is 39.6 Å². The van der Waals surface area contributed by atoms with Crippen molar-refractivity contribution in [2.24, 2.45) is 11.7 Å². The molecular formula is C80H106Cl2N11O27P. The zero-order chi connectivity index (χ0) is 88.2. The van der Waals surface area contributed by atoms with E-state index < -0.39 is 269 Å². The number of phenolic OH excluding ortho intramolecular Hbond substituents is 3. The van der Waals surface area contributed by atoms with Gasteiger partial charge in [0.05, 0.1) is 53.2 Å². The Morgan fingerprint density at radius 3 is 1.91 bits per heavy atom. The second-order valence-corrected chi connectivity index (χ2v) is 33.7. The van der Waals surface area contributed by atoms with Gasteiger partial charge in [-0.3, -0.25) is 38.1 Å². The van der Waals surface area contributed by atoms with E-state index in [1.165, 1.54) is 51.3 Å². The maximum atomic E-state index is 16.3. The largest absolute Gasteiger partial charge is 0.507 e. The lowest BCUT2D eigenvalue weighted by atomic mass is 9.85. The van der Waals surface area contributed by atoms with Crippen LogP contribution in [0.4, 0.5) is 0 Å². The van der Waals surface area contributed by atoms with Gasteiger partial charge in [-0.15, -0.1) is 0 Å². The summed E-state index contributed by atoms with van der Waals surface area (Å²) < 4.78 is 51.4. The summed E-state index contributed by atoms with van der Waals surface area (Å²) in [5, 5.41) is 144. The normalized spacial score (nSPS) is 26.7. The van der Waals surface area contributed by atoms with E-state index in [4.69, 9.17) is 57.4 Å². The van der Waals surface area contributed by atoms with E-state index in [-0.39, 0.29) is 40.7 Å². The maximum absolute atomic E-state index is 16.3. The molecule has 2 fully saturated rings. The molecule has 7 heterocycles. The number of likely N-dealkylation sites (N-methyl/N-ethyl adjacent to an activating group) is 1. The molecule has 5 aromatic rings. The molecule has 121 heavy (non-hydrogen) atoms. The van der Waals surface area contributed by atoms with Gasteiger partial charge in [0.2, 0.25) is 53.4 Å². The molecule has 0 aliphatic carbocycles. The number of nitrogens with one attached hydrogen (secondary N) is 10. The van der Waals surface area contributed by atoms with Crippen molar-refractivity contribution in [2.45, 2.75) is 221 Å². The number of rotatable bonds is 30. The molecule has 11 bridgehead atoms. The molecule has 12 rings (SSSR count). The number of aromatic hydroxyl groups is 3. The highest BCUT2D eigenvalue weighted by molar-refractivity contribution is 7.51. The van der Waals surface area contributed by atoms with Gasteiger partial charge in [0, 0.05) is 48.3 Å². The Kier molecular flexibility index (Phi) is 32.2. The summed E-state index contributed by atoms with van der Waals surface area (Å²) in [7, 11) is -3.38. The van der Waals surface area contributed by atoms with Gasteiger partial charge < -0.3 is 148 Å². The summed E-state index contributed by atoms with van der Waals surface area (Å²) >= 11 is 14.3. The number of carbonyl (C=O) groups excluding carboxylic acids is 7. The van der Waals surface area contributed by atoms with Crippen molar-refractivity contribution in [3.8, 4) is 57.1 Å². The minimum atomic E-state index is -4.85. The van der Waals surface area contributed by atoms with Crippen LogP contribution in [0.1, 0.15) is 169 Å². The van der Waals surface area contributed by atoms with Crippen LogP contribution in [-0.4, -0.2) is 227 Å². The average molecular weight is 1760 g/mol. The quantitative estimate of drug-likeness (QED) is 0.0232. The zero-order valence-corrected chi connectivity index (χ0v) is 69.5. The molecule has 5 aromatic carbocycles. The molecule has 0 saturated carbocycles. The third-order valence-corrected chi connectivity index (χ3v) is 22.9. The van der Waals surface area contributed by atoms with Crippen molar-refractivity contribution in [3.05, 3.63) is 116 Å². The molecule has 2 saturated heterocycles. The summed E-state index contributed by atoms with van der Waals surface area (Å²) in [5.74, 6) is -17.1. The van der Waals surface area contributed by atoms with Crippen molar-refractivity contribution < 1.29 is 132 Å². The fourth-order valence-electron chi connectivity index (χ4n) is 15.2. The number of fused-ring (bicyclic) bond motifs is 15.